The molecule has 0 aliphatic heterocycles. The summed E-state index contributed by atoms with van der Waals surface area (Å²) in [6.07, 6.45) is -2.62. The molecule has 1 aromatic heterocycles. The van der Waals surface area contributed by atoms with Crippen LogP contribution in [0.3, 0.4) is 0 Å². The Labute approximate surface area is 80.6 Å². The van der Waals surface area contributed by atoms with Crippen molar-refractivity contribution in [3.05, 3.63) is 28.6 Å². The summed E-state index contributed by atoms with van der Waals surface area (Å²) in [4.78, 5) is 3.64. The fourth-order valence-corrected chi connectivity index (χ4v) is 1.31. The van der Waals surface area contributed by atoms with Gasteiger partial charge in [0.15, 0.2) is 0 Å². The van der Waals surface area contributed by atoms with E-state index in [-0.39, 0.29) is 24.5 Å². The van der Waals surface area contributed by atoms with Crippen molar-refractivity contribution < 1.29 is 13.9 Å². The predicted octanol–water partition coefficient (Wildman–Crippen LogP) is 1.28. The van der Waals surface area contributed by atoms with Crippen molar-refractivity contribution in [3.63, 3.8) is 0 Å². The van der Waals surface area contributed by atoms with Crippen molar-refractivity contribution >= 4 is 0 Å². The topological polar surface area (TPSA) is 59.1 Å². The van der Waals surface area contributed by atoms with Crippen LogP contribution in [0, 0.1) is 6.92 Å². The molecule has 1 rings (SSSR count). The highest BCUT2D eigenvalue weighted by atomic mass is 19.3. The first kappa shape index (κ1) is 11.0. The summed E-state index contributed by atoms with van der Waals surface area (Å²) in [5, 5.41) is 8.92. The highest BCUT2D eigenvalue weighted by Crippen LogP contribution is 2.21. The maximum absolute atomic E-state index is 12.3. The van der Waals surface area contributed by atoms with E-state index in [0.717, 1.165) is 0 Å². The number of nitrogens with zero attached hydrogens (tertiary/aromatic N) is 1. The summed E-state index contributed by atoms with van der Waals surface area (Å²) in [5.41, 5.74) is 6.61. The predicted molar refractivity (Wildman–Crippen MR) is 47.7 cm³/mol. The van der Waals surface area contributed by atoms with Crippen LogP contribution in [-0.2, 0) is 13.2 Å². The molecule has 1 aromatic rings. The standard InChI is InChI=1S/C9H12F2N2O/c1-5-2-7(9(10)11)13-8(4-14)6(5)3-12/h2,9,14H,3-4,12H2,1H3. The molecule has 3 N–H and O–H groups in total. The van der Waals surface area contributed by atoms with Crippen LogP contribution in [0.4, 0.5) is 8.78 Å². The lowest BCUT2D eigenvalue weighted by Gasteiger charge is -2.10. The van der Waals surface area contributed by atoms with E-state index in [1.54, 1.807) is 6.92 Å². The van der Waals surface area contributed by atoms with Gasteiger partial charge in [-0.1, -0.05) is 0 Å². The van der Waals surface area contributed by atoms with Gasteiger partial charge in [-0.15, -0.1) is 0 Å². The quantitative estimate of drug-likeness (QED) is 0.776. The molecule has 0 amide bonds. The Bertz CT molecular complexity index is 329. The molecule has 0 saturated heterocycles. The molecule has 3 nitrogen and oxygen atoms in total. The third kappa shape index (κ3) is 2.05. The van der Waals surface area contributed by atoms with Gasteiger partial charge in [0.25, 0.3) is 6.43 Å². The van der Waals surface area contributed by atoms with Gasteiger partial charge in [-0.05, 0) is 24.1 Å². The van der Waals surface area contributed by atoms with Gasteiger partial charge in [-0.2, -0.15) is 0 Å². The molecule has 0 unspecified atom stereocenters. The van der Waals surface area contributed by atoms with Crippen molar-refractivity contribution in [3.8, 4) is 0 Å². The maximum Gasteiger partial charge on any atom is 0.280 e. The van der Waals surface area contributed by atoms with E-state index in [1.165, 1.54) is 6.07 Å². The molecular weight excluding hydrogens is 190 g/mol. The molecule has 1 heterocycles. The Kier molecular flexibility index (Phi) is 3.49. The average molecular weight is 202 g/mol. The molecule has 0 spiro atoms. The maximum atomic E-state index is 12.3. The Balaban J connectivity index is 3.24. The van der Waals surface area contributed by atoms with Crippen LogP contribution in [-0.4, -0.2) is 10.1 Å². The van der Waals surface area contributed by atoms with Gasteiger partial charge in [-0.25, -0.2) is 13.8 Å². The Morgan fingerprint density at radius 1 is 1.57 bits per heavy atom. The summed E-state index contributed by atoms with van der Waals surface area (Å²) in [6.45, 7) is 1.50. The molecule has 0 aromatic carbocycles. The van der Waals surface area contributed by atoms with E-state index >= 15 is 0 Å². The lowest BCUT2D eigenvalue weighted by atomic mass is 10.1. The Hall–Kier alpha value is -1.07. The second-order valence-electron chi connectivity index (χ2n) is 2.95. The van der Waals surface area contributed by atoms with Gasteiger partial charge in [0.2, 0.25) is 0 Å². The van der Waals surface area contributed by atoms with Crippen LogP contribution in [0.5, 0.6) is 0 Å². The molecule has 0 saturated carbocycles. The van der Waals surface area contributed by atoms with E-state index < -0.39 is 6.43 Å². The first-order valence-corrected chi connectivity index (χ1v) is 4.18. The van der Waals surface area contributed by atoms with Gasteiger partial charge in [0.05, 0.1) is 12.3 Å². The van der Waals surface area contributed by atoms with Gasteiger partial charge >= 0.3 is 0 Å². The van der Waals surface area contributed by atoms with E-state index in [2.05, 4.69) is 4.98 Å². The van der Waals surface area contributed by atoms with Gasteiger partial charge in [0, 0.05) is 6.54 Å². The minimum absolute atomic E-state index is 0.193. The normalized spacial score (nSPS) is 11.0. The number of halogens is 2. The third-order valence-corrected chi connectivity index (χ3v) is 2.03. The molecule has 0 fully saturated rings. The van der Waals surface area contributed by atoms with E-state index in [9.17, 15) is 8.78 Å². The molecule has 0 atom stereocenters. The number of alkyl halides is 2. The number of aliphatic hydroxyl groups is 1. The van der Waals surface area contributed by atoms with Crippen molar-refractivity contribution in [1.29, 1.82) is 0 Å². The summed E-state index contributed by atoms with van der Waals surface area (Å²) < 4.78 is 24.6. The first-order valence-electron chi connectivity index (χ1n) is 4.18. The lowest BCUT2D eigenvalue weighted by Crippen LogP contribution is -2.08. The number of aromatic nitrogens is 1. The van der Waals surface area contributed by atoms with E-state index in [0.29, 0.717) is 11.1 Å². The fraction of sp³-hybridized carbons (Fsp3) is 0.444. The molecule has 0 bridgehead atoms. The second kappa shape index (κ2) is 4.43. The van der Waals surface area contributed by atoms with Crippen molar-refractivity contribution in [2.75, 3.05) is 0 Å². The van der Waals surface area contributed by atoms with Crippen LogP contribution < -0.4 is 5.73 Å². The summed E-state index contributed by atoms with van der Waals surface area (Å²) >= 11 is 0. The number of pyridine rings is 1. The number of hydrogen-bond acceptors (Lipinski definition) is 3. The first-order chi connectivity index (χ1) is 6.60. The summed E-state index contributed by atoms with van der Waals surface area (Å²) in [7, 11) is 0. The molecule has 0 radical (unpaired) electrons. The number of hydrogen-bond donors (Lipinski definition) is 2. The molecule has 5 heteroatoms. The third-order valence-electron chi connectivity index (χ3n) is 2.03. The molecular formula is C9H12F2N2O. The van der Waals surface area contributed by atoms with Crippen LogP contribution >= 0.6 is 0 Å². The average Bonchev–Trinajstić information content (AvgIpc) is 2.16. The highest BCUT2D eigenvalue weighted by molar-refractivity contribution is 5.31. The fourth-order valence-electron chi connectivity index (χ4n) is 1.31. The molecule has 14 heavy (non-hydrogen) atoms. The lowest BCUT2D eigenvalue weighted by molar-refractivity contribution is 0.145. The smallest absolute Gasteiger partial charge is 0.280 e. The zero-order valence-corrected chi connectivity index (χ0v) is 7.80. The van der Waals surface area contributed by atoms with Crippen molar-refractivity contribution in [2.45, 2.75) is 26.5 Å². The van der Waals surface area contributed by atoms with Crippen LogP contribution in [0.15, 0.2) is 6.07 Å². The Morgan fingerprint density at radius 2 is 2.21 bits per heavy atom. The minimum atomic E-state index is -2.62. The summed E-state index contributed by atoms with van der Waals surface area (Å²) in [6, 6.07) is 1.30. The molecule has 0 aliphatic rings. The highest BCUT2D eigenvalue weighted by Gasteiger charge is 2.14. The van der Waals surface area contributed by atoms with E-state index in [1.807, 2.05) is 0 Å². The molecule has 0 aliphatic carbocycles. The van der Waals surface area contributed by atoms with Gasteiger partial charge < -0.3 is 10.8 Å². The zero-order chi connectivity index (χ0) is 10.7. The van der Waals surface area contributed by atoms with Crippen molar-refractivity contribution in [2.24, 2.45) is 5.73 Å². The zero-order valence-electron chi connectivity index (χ0n) is 7.80. The monoisotopic (exact) mass is 202 g/mol. The Morgan fingerprint density at radius 3 is 2.64 bits per heavy atom. The SMILES string of the molecule is Cc1cc(C(F)F)nc(CO)c1CN. The summed E-state index contributed by atoms with van der Waals surface area (Å²) in [5.74, 6) is 0. The number of rotatable bonds is 3. The van der Waals surface area contributed by atoms with Crippen LogP contribution in [0.2, 0.25) is 0 Å². The number of nitrogens with two attached hydrogens (primary N) is 1. The minimum Gasteiger partial charge on any atom is -0.390 e. The van der Waals surface area contributed by atoms with E-state index in [4.69, 9.17) is 10.8 Å². The van der Waals surface area contributed by atoms with Gasteiger partial charge in [-0.3, -0.25) is 0 Å². The van der Waals surface area contributed by atoms with Gasteiger partial charge in [0.1, 0.15) is 5.69 Å². The second-order valence-corrected chi connectivity index (χ2v) is 2.95. The molecule has 78 valence electrons. The largest absolute Gasteiger partial charge is 0.390 e. The van der Waals surface area contributed by atoms with Crippen LogP contribution in [0.25, 0.3) is 0 Å². The van der Waals surface area contributed by atoms with Crippen LogP contribution in [0.1, 0.15) is 28.9 Å². The number of aryl methyl sites for hydroxylation is 1. The number of aliphatic hydroxyl groups excluding tert-OH is 1. The van der Waals surface area contributed by atoms with Crippen molar-refractivity contribution in [1.82, 2.24) is 4.98 Å².